The molecule has 1 saturated carbocycles. The summed E-state index contributed by atoms with van der Waals surface area (Å²) in [4.78, 5) is 0. The van der Waals surface area contributed by atoms with Gasteiger partial charge in [-0.2, -0.15) is 0 Å². The molecule has 0 amide bonds. The molecule has 1 aliphatic heterocycles. The number of nitrogens with one attached hydrogen (secondary N) is 1. The normalized spacial score (nSPS) is 21.9. The quantitative estimate of drug-likeness (QED) is 0.752. The minimum absolute atomic E-state index is 0.126. The van der Waals surface area contributed by atoms with Gasteiger partial charge in [-0.05, 0) is 46.5 Å². The van der Waals surface area contributed by atoms with Crippen LogP contribution < -0.4 is 5.32 Å². The van der Waals surface area contributed by atoms with Crippen molar-refractivity contribution in [2.24, 2.45) is 0 Å². The van der Waals surface area contributed by atoms with Gasteiger partial charge in [-0.3, -0.25) is 0 Å². The molecule has 1 N–H and O–H groups in total. The molecule has 0 bridgehead atoms. The molecule has 1 aromatic carbocycles. The van der Waals surface area contributed by atoms with E-state index in [0.717, 1.165) is 16.7 Å². The molecule has 0 unspecified atom stereocenters. The molecule has 0 aromatic heterocycles. The number of benzene rings is 1. The van der Waals surface area contributed by atoms with Gasteiger partial charge in [0.2, 0.25) is 0 Å². The molecule has 3 rings (SSSR count). The number of fused-ring (bicyclic) bond motifs is 2. The summed E-state index contributed by atoms with van der Waals surface area (Å²) in [5.41, 5.74) is 2.51. The largest absolute Gasteiger partial charge is 0.383 e. The van der Waals surface area contributed by atoms with E-state index < -0.39 is 0 Å². The predicted octanol–water partition coefficient (Wildman–Crippen LogP) is 4.22. The smallest absolute Gasteiger partial charge is 0.124 e. The second-order valence-electron chi connectivity index (χ2n) is 5.00. The van der Waals surface area contributed by atoms with Crippen LogP contribution in [0.25, 0.3) is 0 Å². The fraction of sp³-hybridized carbons (Fsp3) is 0.538. The molecule has 0 saturated heterocycles. The zero-order valence-electron chi connectivity index (χ0n) is 9.15. The molecule has 2 aliphatic rings. The first-order valence-electron chi connectivity index (χ1n) is 5.95. The van der Waals surface area contributed by atoms with Crippen molar-refractivity contribution in [2.75, 3.05) is 11.9 Å². The maximum absolute atomic E-state index is 13.5. The van der Waals surface area contributed by atoms with Crippen molar-refractivity contribution in [1.29, 1.82) is 0 Å². The Kier molecular flexibility index (Phi) is 2.46. The van der Waals surface area contributed by atoms with Gasteiger partial charge in [0.25, 0.3) is 0 Å². The van der Waals surface area contributed by atoms with Gasteiger partial charge < -0.3 is 5.32 Å². The summed E-state index contributed by atoms with van der Waals surface area (Å²) >= 11 is 3.45. The Bertz CT molecular complexity index is 424. The first-order chi connectivity index (χ1) is 7.71. The van der Waals surface area contributed by atoms with Crippen molar-refractivity contribution in [1.82, 2.24) is 0 Å². The third-order valence-electron chi connectivity index (χ3n) is 4.04. The number of anilines is 1. The summed E-state index contributed by atoms with van der Waals surface area (Å²) in [6.45, 7) is 0.977. The van der Waals surface area contributed by atoms with Crippen molar-refractivity contribution in [3.05, 3.63) is 28.0 Å². The fourth-order valence-corrected chi connectivity index (χ4v) is 3.77. The summed E-state index contributed by atoms with van der Waals surface area (Å²) in [5, 5.41) is 3.44. The lowest BCUT2D eigenvalue weighted by atomic mass is 9.71. The second-order valence-corrected chi connectivity index (χ2v) is 5.86. The Morgan fingerprint density at radius 3 is 2.69 bits per heavy atom. The van der Waals surface area contributed by atoms with E-state index in [1.165, 1.54) is 37.7 Å². The summed E-state index contributed by atoms with van der Waals surface area (Å²) in [5.74, 6) is -0.126. The van der Waals surface area contributed by atoms with Crippen molar-refractivity contribution < 1.29 is 4.39 Å². The van der Waals surface area contributed by atoms with Crippen LogP contribution in [-0.4, -0.2) is 6.54 Å². The molecule has 1 nitrogen and oxygen atoms in total. The minimum atomic E-state index is -0.126. The number of halogens is 2. The van der Waals surface area contributed by atoms with Crippen LogP contribution in [0, 0.1) is 5.82 Å². The van der Waals surface area contributed by atoms with Crippen LogP contribution in [0.3, 0.4) is 0 Å². The average molecular weight is 284 g/mol. The van der Waals surface area contributed by atoms with E-state index in [-0.39, 0.29) is 11.2 Å². The lowest BCUT2D eigenvalue weighted by Crippen LogP contribution is -2.30. The zero-order chi connectivity index (χ0) is 11.2. The maximum Gasteiger partial charge on any atom is 0.124 e. The van der Waals surface area contributed by atoms with Gasteiger partial charge in [-0.15, -0.1) is 0 Å². The second kappa shape index (κ2) is 3.73. The van der Waals surface area contributed by atoms with E-state index in [1.54, 1.807) is 12.1 Å². The van der Waals surface area contributed by atoms with E-state index in [4.69, 9.17) is 0 Å². The molecule has 1 fully saturated rings. The number of hydrogen-bond donors (Lipinski definition) is 1. The van der Waals surface area contributed by atoms with Crippen LogP contribution in [0.4, 0.5) is 10.1 Å². The maximum atomic E-state index is 13.5. The van der Waals surface area contributed by atoms with Gasteiger partial charge in [-0.1, -0.05) is 19.3 Å². The van der Waals surface area contributed by atoms with Crippen molar-refractivity contribution in [2.45, 2.75) is 37.5 Å². The highest BCUT2D eigenvalue weighted by Gasteiger charge is 2.40. The summed E-state index contributed by atoms with van der Waals surface area (Å²) in [7, 11) is 0. The molecule has 1 spiro atoms. The van der Waals surface area contributed by atoms with Crippen LogP contribution in [0.1, 0.15) is 37.7 Å². The van der Waals surface area contributed by atoms with Gasteiger partial charge >= 0.3 is 0 Å². The number of hydrogen-bond acceptors (Lipinski definition) is 1. The first-order valence-corrected chi connectivity index (χ1v) is 6.74. The fourth-order valence-electron chi connectivity index (χ4n) is 3.20. The average Bonchev–Trinajstić information content (AvgIpc) is 2.59. The van der Waals surface area contributed by atoms with Gasteiger partial charge in [0.15, 0.2) is 0 Å². The molecule has 0 radical (unpaired) electrons. The molecule has 0 atom stereocenters. The molecule has 86 valence electrons. The summed E-state index contributed by atoms with van der Waals surface area (Å²) in [6, 6.07) is 3.28. The van der Waals surface area contributed by atoms with Crippen LogP contribution in [0.5, 0.6) is 0 Å². The molecule has 1 aliphatic carbocycles. The summed E-state index contributed by atoms with van der Waals surface area (Å²) in [6.07, 6.45) is 6.27. The topological polar surface area (TPSA) is 12.0 Å². The minimum Gasteiger partial charge on any atom is -0.383 e. The van der Waals surface area contributed by atoms with Gasteiger partial charge in [-0.25, -0.2) is 4.39 Å². The van der Waals surface area contributed by atoms with E-state index in [2.05, 4.69) is 21.2 Å². The van der Waals surface area contributed by atoms with Gasteiger partial charge in [0.05, 0.1) is 5.69 Å². The molecular formula is C13H15BrFN. The van der Waals surface area contributed by atoms with Crippen molar-refractivity contribution >= 4 is 21.6 Å². The van der Waals surface area contributed by atoms with E-state index in [1.807, 2.05) is 0 Å². The van der Waals surface area contributed by atoms with Crippen LogP contribution in [-0.2, 0) is 5.41 Å². The van der Waals surface area contributed by atoms with Crippen LogP contribution >= 0.6 is 15.9 Å². The van der Waals surface area contributed by atoms with Gasteiger partial charge in [0, 0.05) is 16.4 Å². The Hall–Kier alpha value is -0.570. The highest BCUT2D eigenvalue weighted by molar-refractivity contribution is 9.10. The van der Waals surface area contributed by atoms with Crippen molar-refractivity contribution in [3.63, 3.8) is 0 Å². The Labute approximate surface area is 104 Å². The Balaban J connectivity index is 2.10. The van der Waals surface area contributed by atoms with Gasteiger partial charge in [0.1, 0.15) is 5.82 Å². The molecular weight excluding hydrogens is 269 g/mol. The Morgan fingerprint density at radius 2 is 1.94 bits per heavy atom. The molecule has 3 heteroatoms. The first kappa shape index (κ1) is 10.6. The number of rotatable bonds is 0. The third-order valence-corrected chi connectivity index (χ3v) is 4.67. The molecule has 1 heterocycles. The lowest BCUT2D eigenvalue weighted by molar-refractivity contribution is 0.318. The zero-order valence-corrected chi connectivity index (χ0v) is 10.7. The van der Waals surface area contributed by atoms with E-state index in [0.29, 0.717) is 0 Å². The SMILES string of the molecule is Fc1cc(Br)c2c(c1)C1(CCCCC1)CN2. The predicted molar refractivity (Wildman–Crippen MR) is 67.4 cm³/mol. The van der Waals surface area contributed by atoms with E-state index in [9.17, 15) is 4.39 Å². The van der Waals surface area contributed by atoms with E-state index >= 15 is 0 Å². The molecule has 16 heavy (non-hydrogen) atoms. The highest BCUT2D eigenvalue weighted by atomic mass is 79.9. The highest BCUT2D eigenvalue weighted by Crippen LogP contribution is 2.48. The molecule has 1 aromatic rings. The van der Waals surface area contributed by atoms with Crippen LogP contribution in [0.2, 0.25) is 0 Å². The standard InChI is InChI=1S/C13H15BrFN/c14-11-7-9(15)6-10-12(11)16-8-13(10)4-2-1-3-5-13/h6-7,16H,1-5,8H2. The van der Waals surface area contributed by atoms with Crippen molar-refractivity contribution in [3.8, 4) is 0 Å². The third kappa shape index (κ3) is 1.48. The summed E-state index contributed by atoms with van der Waals surface area (Å²) < 4.78 is 14.4. The Morgan fingerprint density at radius 1 is 1.19 bits per heavy atom. The monoisotopic (exact) mass is 283 g/mol. The van der Waals surface area contributed by atoms with Crippen LogP contribution in [0.15, 0.2) is 16.6 Å². The lowest BCUT2D eigenvalue weighted by Gasteiger charge is -2.33.